The molecule has 0 aromatic heterocycles. The molecule has 2 atom stereocenters. The standard InChI is InChI=1S/C16H25BFNO2/c1-12(2)21-17(3)13-5-7-14(8-6-13)20-16-9-10-19(4)11-15(16)18/h5-8,12,15-16H,9-11H2,1-4H3/t15-,16+/m0/s1. The fraction of sp³-hybridized carbons (Fsp3) is 0.625. The maximum atomic E-state index is 13.9. The Balaban J connectivity index is 1.93. The zero-order chi connectivity index (χ0) is 15.4. The van der Waals surface area contributed by atoms with Gasteiger partial charge >= 0.3 is 6.92 Å². The number of hydrogen-bond donors (Lipinski definition) is 0. The Hall–Kier alpha value is -1.07. The Labute approximate surface area is 127 Å². The SMILES string of the molecule is CB(OC(C)C)c1ccc(O[C@@H]2CCN(C)C[C@@H]2F)cc1. The minimum atomic E-state index is -0.924. The van der Waals surface area contributed by atoms with Crippen LogP contribution in [0.2, 0.25) is 6.82 Å². The molecule has 1 aliphatic heterocycles. The summed E-state index contributed by atoms with van der Waals surface area (Å²) in [5, 5.41) is 0. The molecule has 2 rings (SSSR count). The molecule has 116 valence electrons. The summed E-state index contributed by atoms with van der Waals surface area (Å²) in [4.78, 5) is 2.00. The summed E-state index contributed by atoms with van der Waals surface area (Å²) in [6, 6.07) is 7.79. The lowest BCUT2D eigenvalue weighted by molar-refractivity contribution is 0.0313. The van der Waals surface area contributed by atoms with E-state index in [9.17, 15) is 4.39 Å². The third-order valence-corrected chi connectivity index (χ3v) is 3.80. The number of rotatable bonds is 5. The van der Waals surface area contributed by atoms with Crippen LogP contribution in [0.25, 0.3) is 0 Å². The molecule has 0 amide bonds. The first-order valence-corrected chi connectivity index (χ1v) is 7.70. The van der Waals surface area contributed by atoms with Crippen LogP contribution in [0.1, 0.15) is 20.3 Å². The van der Waals surface area contributed by atoms with Crippen LogP contribution in [0.5, 0.6) is 5.75 Å². The fourth-order valence-corrected chi connectivity index (χ4v) is 2.65. The van der Waals surface area contributed by atoms with Crippen molar-refractivity contribution in [3.05, 3.63) is 24.3 Å². The van der Waals surface area contributed by atoms with Crippen LogP contribution in [0, 0.1) is 0 Å². The van der Waals surface area contributed by atoms with E-state index >= 15 is 0 Å². The van der Waals surface area contributed by atoms with E-state index in [1.165, 1.54) is 0 Å². The molecule has 1 aromatic rings. The minimum absolute atomic E-state index is 0.0521. The van der Waals surface area contributed by atoms with Crippen molar-refractivity contribution in [1.82, 2.24) is 4.90 Å². The average Bonchev–Trinajstić information content (AvgIpc) is 2.42. The molecule has 1 fully saturated rings. The van der Waals surface area contributed by atoms with Crippen LogP contribution in [0.4, 0.5) is 4.39 Å². The van der Waals surface area contributed by atoms with Crippen molar-refractivity contribution in [2.75, 3.05) is 20.1 Å². The molecule has 1 saturated heterocycles. The van der Waals surface area contributed by atoms with Gasteiger partial charge in [-0.2, -0.15) is 0 Å². The first-order chi connectivity index (χ1) is 9.95. The predicted molar refractivity (Wildman–Crippen MR) is 85.3 cm³/mol. The van der Waals surface area contributed by atoms with Crippen LogP contribution in [-0.4, -0.2) is 50.3 Å². The van der Waals surface area contributed by atoms with Gasteiger partial charge in [-0.05, 0) is 44.9 Å². The molecule has 0 bridgehead atoms. The van der Waals surface area contributed by atoms with Crippen molar-refractivity contribution in [2.24, 2.45) is 0 Å². The fourth-order valence-electron chi connectivity index (χ4n) is 2.65. The lowest BCUT2D eigenvalue weighted by Gasteiger charge is -2.32. The molecule has 0 unspecified atom stereocenters. The highest BCUT2D eigenvalue weighted by molar-refractivity contribution is 6.66. The summed E-state index contributed by atoms with van der Waals surface area (Å²) in [5.41, 5.74) is 1.11. The van der Waals surface area contributed by atoms with Crippen molar-refractivity contribution in [1.29, 1.82) is 0 Å². The highest BCUT2D eigenvalue weighted by Crippen LogP contribution is 2.20. The number of ether oxygens (including phenoxy) is 1. The van der Waals surface area contributed by atoms with E-state index in [0.717, 1.165) is 24.2 Å². The van der Waals surface area contributed by atoms with E-state index in [2.05, 4.69) is 0 Å². The molecule has 1 heterocycles. The second-order valence-corrected chi connectivity index (χ2v) is 6.12. The van der Waals surface area contributed by atoms with Crippen LogP contribution < -0.4 is 10.2 Å². The van der Waals surface area contributed by atoms with E-state index in [4.69, 9.17) is 9.39 Å². The van der Waals surface area contributed by atoms with Crippen molar-refractivity contribution in [3.8, 4) is 5.75 Å². The molecule has 21 heavy (non-hydrogen) atoms. The topological polar surface area (TPSA) is 21.7 Å². The van der Waals surface area contributed by atoms with Crippen molar-refractivity contribution < 1.29 is 13.8 Å². The van der Waals surface area contributed by atoms with Gasteiger partial charge in [0.1, 0.15) is 18.0 Å². The molecular weight excluding hydrogens is 268 g/mol. The van der Waals surface area contributed by atoms with Crippen molar-refractivity contribution >= 4 is 12.4 Å². The number of alkyl halides is 1. The number of benzene rings is 1. The van der Waals surface area contributed by atoms with Crippen molar-refractivity contribution in [3.63, 3.8) is 0 Å². The van der Waals surface area contributed by atoms with Crippen LogP contribution in [0.3, 0.4) is 0 Å². The predicted octanol–water partition coefficient (Wildman–Crippen LogP) is 2.36. The molecule has 0 radical (unpaired) electrons. The Morgan fingerprint density at radius 1 is 1.29 bits per heavy atom. The second-order valence-electron chi connectivity index (χ2n) is 6.12. The average molecular weight is 293 g/mol. The normalized spacial score (nSPS) is 23.3. The molecule has 3 nitrogen and oxygen atoms in total. The number of likely N-dealkylation sites (tertiary alicyclic amines) is 1. The summed E-state index contributed by atoms with van der Waals surface area (Å²) < 4.78 is 25.5. The third-order valence-electron chi connectivity index (χ3n) is 3.80. The van der Waals surface area contributed by atoms with Crippen LogP contribution in [-0.2, 0) is 4.65 Å². The highest BCUT2D eigenvalue weighted by Gasteiger charge is 2.29. The van der Waals surface area contributed by atoms with Gasteiger partial charge in [-0.3, -0.25) is 0 Å². The monoisotopic (exact) mass is 293 g/mol. The Morgan fingerprint density at radius 3 is 2.52 bits per heavy atom. The largest absolute Gasteiger partial charge is 0.487 e. The summed E-state index contributed by atoms with van der Waals surface area (Å²) in [5.74, 6) is 0.729. The zero-order valence-corrected chi connectivity index (χ0v) is 13.4. The van der Waals surface area contributed by atoms with Gasteiger partial charge in [0.25, 0.3) is 0 Å². The van der Waals surface area contributed by atoms with Gasteiger partial charge in [0.05, 0.1) is 0 Å². The van der Waals surface area contributed by atoms with E-state index < -0.39 is 6.17 Å². The summed E-state index contributed by atoms with van der Waals surface area (Å²) >= 11 is 0. The Bertz CT molecular complexity index is 440. The summed E-state index contributed by atoms with van der Waals surface area (Å²) in [6.07, 6.45) is -0.336. The number of piperidine rings is 1. The lowest BCUT2D eigenvalue weighted by atomic mass is 9.63. The summed E-state index contributed by atoms with van der Waals surface area (Å²) in [6.45, 7) is 7.45. The molecule has 1 aliphatic rings. The number of nitrogens with zero attached hydrogens (tertiary/aromatic N) is 1. The first-order valence-electron chi connectivity index (χ1n) is 7.70. The van der Waals surface area contributed by atoms with Gasteiger partial charge in [-0.15, -0.1) is 0 Å². The van der Waals surface area contributed by atoms with E-state index in [1.54, 1.807) is 0 Å². The minimum Gasteiger partial charge on any atom is -0.487 e. The Morgan fingerprint density at radius 2 is 1.95 bits per heavy atom. The number of hydrogen-bond acceptors (Lipinski definition) is 3. The molecular formula is C16H25BFNO2. The Kier molecular flexibility index (Phi) is 5.65. The molecule has 1 aromatic carbocycles. The zero-order valence-electron chi connectivity index (χ0n) is 13.4. The quantitative estimate of drug-likeness (QED) is 0.778. The van der Waals surface area contributed by atoms with Gasteiger partial charge in [0.15, 0.2) is 0 Å². The highest BCUT2D eigenvalue weighted by atomic mass is 19.1. The molecule has 0 saturated carbocycles. The first kappa shape index (κ1) is 16.3. The maximum Gasteiger partial charge on any atom is 0.323 e. The maximum absolute atomic E-state index is 13.9. The van der Waals surface area contributed by atoms with Crippen molar-refractivity contribution in [2.45, 2.75) is 45.5 Å². The molecule has 0 N–H and O–H groups in total. The lowest BCUT2D eigenvalue weighted by Crippen LogP contribution is -2.45. The van der Waals surface area contributed by atoms with Crippen LogP contribution in [0.15, 0.2) is 24.3 Å². The van der Waals surface area contributed by atoms with Gasteiger partial charge in [0, 0.05) is 19.2 Å². The molecule has 5 heteroatoms. The summed E-state index contributed by atoms with van der Waals surface area (Å²) in [7, 11) is 1.94. The molecule has 0 aliphatic carbocycles. The smallest absolute Gasteiger partial charge is 0.323 e. The van der Waals surface area contributed by atoms with Crippen LogP contribution >= 0.6 is 0 Å². The van der Waals surface area contributed by atoms with E-state index in [0.29, 0.717) is 6.54 Å². The van der Waals surface area contributed by atoms with Gasteiger partial charge in [0.2, 0.25) is 0 Å². The van der Waals surface area contributed by atoms with E-state index in [1.807, 2.05) is 56.9 Å². The van der Waals surface area contributed by atoms with E-state index in [-0.39, 0.29) is 19.1 Å². The third kappa shape index (κ3) is 4.72. The van der Waals surface area contributed by atoms with Gasteiger partial charge < -0.3 is 14.3 Å². The van der Waals surface area contributed by atoms with Gasteiger partial charge in [-0.25, -0.2) is 4.39 Å². The second kappa shape index (κ2) is 7.27. The number of halogens is 1. The van der Waals surface area contributed by atoms with Gasteiger partial charge in [-0.1, -0.05) is 19.0 Å². The molecule has 0 spiro atoms.